The minimum Gasteiger partial charge on any atom is -0.287 e. The van der Waals surface area contributed by atoms with Crippen LogP contribution in [0, 0.1) is 0 Å². The van der Waals surface area contributed by atoms with Crippen molar-refractivity contribution in [1.82, 2.24) is 0 Å². The lowest BCUT2D eigenvalue weighted by Crippen LogP contribution is -1.89. The van der Waals surface area contributed by atoms with Crippen molar-refractivity contribution in [2.45, 2.75) is 19.8 Å². The Morgan fingerprint density at radius 3 is 2.89 bits per heavy atom. The summed E-state index contributed by atoms with van der Waals surface area (Å²) in [6.45, 7) is 5.53. The van der Waals surface area contributed by atoms with Crippen LogP contribution in [0.25, 0.3) is 0 Å². The molecule has 0 unspecified atom stereocenters. The number of carbonyl (C=O) groups excluding carboxylic acids is 1. The van der Waals surface area contributed by atoms with E-state index < -0.39 is 0 Å². The molecule has 0 saturated heterocycles. The molecule has 0 radical (unpaired) electrons. The first-order chi connectivity index (χ1) is 4.31. The smallest absolute Gasteiger partial charge is 0.189 e. The summed E-state index contributed by atoms with van der Waals surface area (Å²) in [6, 6.07) is 0. The zero-order valence-electron chi connectivity index (χ0n) is 5.72. The van der Waals surface area contributed by atoms with Crippen molar-refractivity contribution in [3.05, 3.63) is 12.7 Å². The number of rotatable bonds is 4. The Kier molecular flexibility index (Phi) is 5.73. The van der Waals surface area contributed by atoms with Crippen LogP contribution < -0.4 is 0 Å². The topological polar surface area (TPSA) is 17.1 Å². The third kappa shape index (κ3) is 5.63. The molecule has 0 heterocycles. The van der Waals surface area contributed by atoms with E-state index in [4.69, 9.17) is 0 Å². The highest BCUT2D eigenvalue weighted by atomic mass is 32.2. The van der Waals surface area contributed by atoms with Gasteiger partial charge in [0.05, 0.1) is 0 Å². The fourth-order valence-electron chi connectivity index (χ4n) is 0.428. The first-order valence-electron chi connectivity index (χ1n) is 3.07. The van der Waals surface area contributed by atoms with E-state index in [1.165, 1.54) is 11.8 Å². The first kappa shape index (κ1) is 8.76. The molecule has 0 aliphatic rings. The Hall–Kier alpha value is -0.240. The summed E-state index contributed by atoms with van der Waals surface area (Å²) < 4.78 is 0. The fourth-order valence-corrected chi connectivity index (χ4v) is 1.08. The predicted octanol–water partition coefficient (Wildman–Crippen LogP) is 2.23. The van der Waals surface area contributed by atoms with Crippen LogP contribution in [0.3, 0.4) is 0 Å². The van der Waals surface area contributed by atoms with Crippen molar-refractivity contribution in [1.29, 1.82) is 0 Å². The van der Waals surface area contributed by atoms with Gasteiger partial charge in [0.2, 0.25) is 0 Å². The quantitative estimate of drug-likeness (QED) is 0.563. The van der Waals surface area contributed by atoms with Crippen molar-refractivity contribution in [3.8, 4) is 0 Å². The summed E-state index contributed by atoms with van der Waals surface area (Å²) >= 11 is 1.34. The maximum absolute atomic E-state index is 10.7. The Morgan fingerprint density at radius 1 is 1.78 bits per heavy atom. The molecule has 2 heteroatoms. The second-order valence-corrected chi connectivity index (χ2v) is 2.80. The Balaban J connectivity index is 3.16. The van der Waals surface area contributed by atoms with Gasteiger partial charge in [-0.2, -0.15) is 0 Å². The average molecular weight is 144 g/mol. The van der Waals surface area contributed by atoms with Crippen LogP contribution in [0.1, 0.15) is 19.8 Å². The molecule has 0 aromatic carbocycles. The molecule has 0 fully saturated rings. The maximum Gasteiger partial charge on any atom is 0.189 e. The van der Waals surface area contributed by atoms with E-state index in [0.717, 1.165) is 12.2 Å². The van der Waals surface area contributed by atoms with E-state index in [1.807, 2.05) is 6.92 Å². The highest BCUT2D eigenvalue weighted by molar-refractivity contribution is 8.13. The summed E-state index contributed by atoms with van der Waals surface area (Å²) in [5, 5.41) is 0.275. The lowest BCUT2D eigenvalue weighted by atomic mass is 10.4. The highest BCUT2D eigenvalue weighted by Crippen LogP contribution is 2.06. The molecule has 0 aliphatic heterocycles. The van der Waals surface area contributed by atoms with Gasteiger partial charge in [0.1, 0.15) is 0 Å². The molecular formula is C7H12OS. The van der Waals surface area contributed by atoms with Crippen molar-refractivity contribution < 1.29 is 4.79 Å². The number of carbonyl (C=O) groups is 1. The number of hydrogen-bond donors (Lipinski definition) is 0. The van der Waals surface area contributed by atoms with Crippen molar-refractivity contribution in [3.63, 3.8) is 0 Å². The summed E-state index contributed by atoms with van der Waals surface area (Å²) in [5.74, 6) is 0.749. The Bertz CT molecular complexity index is 99.1. The fraction of sp³-hybridized carbons (Fsp3) is 0.571. The molecule has 0 atom stereocenters. The van der Waals surface area contributed by atoms with Gasteiger partial charge in [-0.25, -0.2) is 0 Å². The van der Waals surface area contributed by atoms with Gasteiger partial charge >= 0.3 is 0 Å². The molecule has 52 valence electrons. The van der Waals surface area contributed by atoms with Crippen LogP contribution >= 0.6 is 11.8 Å². The maximum atomic E-state index is 10.7. The van der Waals surface area contributed by atoms with Crippen molar-refractivity contribution >= 4 is 16.9 Å². The predicted molar refractivity (Wildman–Crippen MR) is 42.6 cm³/mol. The van der Waals surface area contributed by atoms with Gasteiger partial charge in [-0.1, -0.05) is 24.8 Å². The van der Waals surface area contributed by atoms with Gasteiger partial charge in [0.25, 0.3) is 0 Å². The third-order valence-corrected chi connectivity index (χ3v) is 1.74. The third-order valence-electron chi connectivity index (χ3n) is 0.816. The SMILES string of the molecule is C=CCSC(=O)CCC. The van der Waals surface area contributed by atoms with E-state index in [9.17, 15) is 4.79 Å². The van der Waals surface area contributed by atoms with Gasteiger partial charge in [-0.15, -0.1) is 6.58 Å². The van der Waals surface area contributed by atoms with Crippen LogP contribution in [0.15, 0.2) is 12.7 Å². The van der Waals surface area contributed by atoms with E-state index in [0.29, 0.717) is 6.42 Å². The molecule has 0 amide bonds. The van der Waals surface area contributed by atoms with Crippen LogP contribution in [0.4, 0.5) is 0 Å². The molecule has 0 aliphatic carbocycles. The monoisotopic (exact) mass is 144 g/mol. The zero-order valence-corrected chi connectivity index (χ0v) is 6.54. The van der Waals surface area contributed by atoms with Gasteiger partial charge in [-0.3, -0.25) is 4.79 Å². The molecule has 0 rings (SSSR count). The zero-order chi connectivity index (χ0) is 7.11. The molecule has 1 nitrogen and oxygen atoms in total. The number of thioether (sulfide) groups is 1. The molecule has 0 N–H and O–H groups in total. The van der Waals surface area contributed by atoms with Crippen LogP contribution in [0.5, 0.6) is 0 Å². The highest BCUT2D eigenvalue weighted by Gasteiger charge is 1.96. The lowest BCUT2D eigenvalue weighted by Gasteiger charge is -1.91. The summed E-state index contributed by atoms with van der Waals surface area (Å²) in [5.41, 5.74) is 0. The Labute approximate surface area is 60.5 Å². The molecule has 0 aromatic heterocycles. The van der Waals surface area contributed by atoms with E-state index in [-0.39, 0.29) is 5.12 Å². The van der Waals surface area contributed by atoms with Crippen molar-refractivity contribution in [2.75, 3.05) is 5.75 Å². The molecule has 9 heavy (non-hydrogen) atoms. The van der Waals surface area contributed by atoms with E-state index in [1.54, 1.807) is 6.08 Å². The standard InChI is InChI=1S/C7H12OS/c1-3-5-7(8)9-6-4-2/h4H,2-3,5-6H2,1H3. The minimum atomic E-state index is 0.275. The van der Waals surface area contributed by atoms with Crippen LogP contribution in [0.2, 0.25) is 0 Å². The van der Waals surface area contributed by atoms with Crippen LogP contribution in [-0.2, 0) is 4.79 Å². The molecule has 0 aromatic rings. The second kappa shape index (κ2) is 5.89. The second-order valence-electron chi connectivity index (χ2n) is 1.72. The Morgan fingerprint density at radius 2 is 2.44 bits per heavy atom. The van der Waals surface area contributed by atoms with Crippen molar-refractivity contribution in [2.24, 2.45) is 0 Å². The molecular weight excluding hydrogens is 132 g/mol. The van der Waals surface area contributed by atoms with Gasteiger partial charge in [0, 0.05) is 12.2 Å². The normalized spacial score (nSPS) is 9.00. The summed E-state index contributed by atoms with van der Waals surface area (Å²) in [4.78, 5) is 10.7. The van der Waals surface area contributed by atoms with Gasteiger partial charge in [0.15, 0.2) is 5.12 Å². The largest absolute Gasteiger partial charge is 0.287 e. The van der Waals surface area contributed by atoms with E-state index >= 15 is 0 Å². The minimum absolute atomic E-state index is 0.275. The van der Waals surface area contributed by atoms with Gasteiger partial charge < -0.3 is 0 Å². The summed E-state index contributed by atoms with van der Waals surface area (Å²) in [6.07, 6.45) is 3.39. The average Bonchev–Trinajstić information content (AvgIpc) is 1.85. The first-order valence-corrected chi connectivity index (χ1v) is 4.06. The van der Waals surface area contributed by atoms with E-state index in [2.05, 4.69) is 6.58 Å². The lowest BCUT2D eigenvalue weighted by molar-refractivity contribution is -0.111. The molecule has 0 bridgehead atoms. The number of hydrogen-bond acceptors (Lipinski definition) is 2. The molecule has 0 saturated carbocycles. The van der Waals surface area contributed by atoms with Gasteiger partial charge in [-0.05, 0) is 6.42 Å². The molecule has 0 spiro atoms. The van der Waals surface area contributed by atoms with Crippen LogP contribution in [-0.4, -0.2) is 10.9 Å². The summed E-state index contributed by atoms with van der Waals surface area (Å²) in [7, 11) is 0.